The first-order valence-electron chi connectivity index (χ1n) is 9.57. The molecule has 0 N–H and O–H groups in total. The Kier molecular flexibility index (Phi) is 4.02. The number of hydrogen-bond donors (Lipinski definition) is 0. The van der Waals surface area contributed by atoms with Gasteiger partial charge in [-0.25, -0.2) is 0 Å². The molecule has 0 radical (unpaired) electrons. The molecule has 26 heavy (non-hydrogen) atoms. The molecule has 1 spiro atoms. The zero-order chi connectivity index (χ0) is 18.4. The van der Waals surface area contributed by atoms with Crippen molar-refractivity contribution < 1.29 is 4.79 Å². The van der Waals surface area contributed by atoms with Gasteiger partial charge in [0.15, 0.2) is 0 Å². The van der Waals surface area contributed by atoms with E-state index >= 15 is 0 Å². The largest absolute Gasteiger partial charge is 0.307 e. The van der Waals surface area contributed by atoms with Crippen LogP contribution in [0.1, 0.15) is 51.2 Å². The summed E-state index contributed by atoms with van der Waals surface area (Å²) in [5.41, 5.74) is 4.77. The van der Waals surface area contributed by atoms with E-state index in [0.29, 0.717) is 6.54 Å². The van der Waals surface area contributed by atoms with Gasteiger partial charge in [0, 0.05) is 5.69 Å². The molecule has 0 aromatic heterocycles. The van der Waals surface area contributed by atoms with Gasteiger partial charge in [0.05, 0.1) is 12.0 Å². The lowest BCUT2D eigenvalue weighted by Crippen LogP contribution is -2.41. The fourth-order valence-electron chi connectivity index (χ4n) is 4.49. The number of amides is 1. The summed E-state index contributed by atoms with van der Waals surface area (Å²) in [4.78, 5) is 15.6. The van der Waals surface area contributed by atoms with Crippen molar-refractivity contribution in [1.29, 1.82) is 0 Å². The molecule has 134 valence electrons. The number of carbonyl (C=O) groups is 1. The van der Waals surface area contributed by atoms with Crippen LogP contribution in [0, 0.1) is 5.41 Å². The topological polar surface area (TPSA) is 20.3 Å². The van der Waals surface area contributed by atoms with Crippen LogP contribution in [0.5, 0.6) is 0 Å². The smallest absolute Gasteiger partial charge is 0.238 e. The van der Waals surface area contributed by atoms with Crippen LogP contribution >= 0.6 is 0 Å². The molecule has 0 saturated carbocycles. The van der Waals surface area contributed by atoms with Gasteiger partial charge in [-0.05, 0) is 41.9 Å². The van der Waals surface area contributed by atoms with Gasteiger partial charge in [-0.15, -0.1) is 0 Å². The maximum atomic E-state index is 13.6. The maximum absolute atomic E-state index is 13.6. The van der Waals surface area contributed by atoms with E-state index in [4.69, 9.17) is 0 Å². The summed E-state index contributed by atoms with van der Waals surface area (Å²) in [5, 5.41) is 0. The Bertz CT molecular complexity index is 859. The third-order valence-electron chi connectivity index (χ3n) is 6.03. The normalized spacial score (nSPS) is 22.5. The third kappa shape index (κ3) is 2.68. The minimum atomic E-state index is -0.375. The monoisotopic (exact) mass is 345 g/mol. The van der Waals surface area contributed by atoms with Crippen molar-refractivity contribution in [3.05, 3.63) is 77.4 Å². The van der Waals surface area contributed by atoms with Crippen molar-refractivity contribution in [1.82, 2.24) is 0 Å². The molecule has 1 atom stereocenters. The highest BCUT2D eigenvalue weighted by Crippen LogP contribution is 2.51. The Balaban J connectivity index is 1.72. The molecule has 2 nitrogen and oxygen atoms in total. The van der Waals surface area contributed by atoms with Crippen LogP contribution in [0.2, 0.25) is 0 Å². The minimum absolute atomic E-state index is 0.187. The Morgan fingerprint density at radius 1 is 1.00 bits per heavy atom. The summed E-state index contributed by atoms with van der Waals surface area (Å²) >= 11 is 0. The zero-order valence-electron chi connectivity index (χ0n) is 16.0. The Hall–Kier alpha value is -2.35. The minimum Gasteiger partial charge on any atom is -0.307 e. The summed E-state index contributed by atoms with van der Waals surface area (Å²) in [6.07, 6.45) is 5.07. The number of rotatable bonds is 2. The second kappa shape index (κ2) is 6.12. The average molecular weight is 345 g/mol. The van der Waals surface area contributed by atoms with Crippen molar-refractivity contribution in [2.24, 2.45) is 5.41 Å². The van der Waals surface area contributed by atoms with Gasteiger partial charge < -0.3 is 4.90 Å². The van der Waals surface area contributed by atoms with E-state index in [-0.39, 0.29) is 16.7 Å². The predicted octanol–water partition coefficient (Wildman–Crippen LogP) is 5.63. The van der Waals surface area contributed by atoms with E-state index in [1.54, 1.807) is 0 Å². The quantitative estimate of drug-likeness (QED) is 0.646. The first-order valence-corrected chi connectivity index (χ1v) is 9.57. The van der Waals surface area contributed by atoms with E-state index < -0.39 is 0 Å². The molecule has 1 amide bonds. The third-order valence-corrected chi connectivity index (χ3v) is 6.03. The zero-order valence-corrected chi connectivity index (χ0v) is 16.0. The molecule has 2 aliphatic rings. The Morgan fingerprint density at radius 2 is 1.69 bits per heavy atom. The first-order chi connectivity index (χ1) is 12.4. The standard InChI is InChI=1S/C24H27NO/c1-23(2,3)19-13-15-24(16-14-19)20-11-7-8-12-21(20)25(22(24)26)17-18-9-5-4-6-10-18/h4-13H,14-17H2,1-3H3. The summed E-state index contributed by atoms with van der Waals surface area (Å²) in [7, 11) is 0. The van der Waals surface area contributed by atoms with E-state index in [2.05, 4.69) is 57.2 Å². The van der Waals surface area contributed by atoms with Crippen LogP contribution in [0.3, 0.4) is 0 Å². The lowest BCUT2D eigenvalue weighted by molar-refractivity contribution is -0.123. The molecule has 1 aliphatic carbocycles. The highest BCUT2D eigenvalue weighted by molar-refractivity contribution is 6.08. The van der Waals surface area contributed by atoms with Gasteiger partial charge in [0.25, 0.3) is 0 Å². The van der Waals surface area contributed by atoms with Crippen molar-refractivity contribution in [3.63, 3.8) is 0 Å². The second-order valence-corrected chi connectivity index (χ2v) is 8.66. The molecule has 2 aromatic rings. The van der Waals surface area contributed by atoms with Crippen LogP contribution < -0.4 is 4.90 Å². The molecule has 1 aliphatic heterocycles. The fourth-order valence-corrected chi connectivity index (χ4v) is 4.49. The highest BCUT2D eigenvalue weighted by Gasteiger charge is 2.51. The molecule has 1 unspecified atom stereocenters. The van der Waals surface area contributed by atoms with Gasteiger partial charge in [-0.2, -0.15) is 0 Å². The summed E-state index contributed by atoms with van der Waals surface area (Å²) in [6, 6.07) is 18.7. The summed E-state index contributed by atoms with van der Waals surface area (Å²) in [5.74, 6) is 0.270. The van der Waals surface area contributed by atoms with Crippen LogP contribution in [-0.2, 0) is 16.8 Å². The number of nitrogens with zero attached hydrogens (tertiary/aromatic N) is 1. The first kappa shape index (κ1) is 17.1. The van der Waals surface area contributed by atoms with Crippen molar-refractivity contribution in [2.75, 3.05) is 4.90 Å². The molecular formula is C24H27NO. The molecule has 1 heterocycles. The molecule has 4 rings (SSSR count). The van der Waals surface area contributed by atoms with Crippen LogP contribution in [0.25, 0.3) is 0 Å². The SMILES string of the molecule is CC(C)(C)C1=CCC2(CC1)C(=O)N(Cc1ccccc1)c1ccccc12. The number of carbonyl (C=O) groups excluding carboxylic acids is 1. The van der Waals surface area contributed by atoms with Gasteiger partial charge in [-0.3, -0.25) is 4.79 Å². The number of para-hydroxylation sites is 1. The summed E-state index contributed by atoms with van der Waals surface area (Å²) < 4.78 is 0. The van der Waals surface area contributed by atoms with Gasteiger partial charge in [0.2, 0.25) is 5.91 Å². The predicted molar refractivity (Wildman–Crippen MR) is 107 cm³/mol. The lowest BCUT2D eigenvalue weighted by atomic mass is 9.67. The molecule has 0 bridgehead atoms. The summed E-state index contributed by atoms with van der Waals surface area (Å²) in [6.45, 7) is 7.45. The van der Waals surface area contributed by atoms with Crippen molar-refractivity contribution in [2.45, 2.75) is 52.0 Å². The maximum Gasteiger partial charge on any atom is 0.238 e. The number of benzene rings is 2. The van der Waals surface area contributed by atoms with E-state index in [1.807, 2.05) is 29.2 Å². The van der Waals surface area contributed by atoms with Crippen molar-refractivity contribution >= 4 is 11.6 Å². The molecule has 2 heteroatoms. The molecule has 0 fully saturated rings. The lowest BCUT2D eigenvalue weighted by Gasteiger charge is -2.35. The Labute approximate surface area is 156 Å². The van der Waals surface area contributed by atoms with Crippen LogP contribution in [0.4, 0.5) is 5.69 Å². The Morgan fingerprint density at radius 3 is 2.35 bits per heavy atom. The molecular weight excluding hydrogens is 318 g/mol. The van der Waals surface area contributed by atoms with Gasteiger partial charge >= 0.3 is 0 Å². The van der Waals surface area contributed by atoms with E-state index in [9.17, 15) is 4.79 Å². The van der Waals surface area contributed by atoms with Gasteiger partial charge in [0.1, 0.15) is 0 Å². The van der Waals surface area contributed by atoms with Crippen LogP contribution in [-0.4, -0.2) is 5.91 Å². The van der Waals surface area contributed by atoms with Crippen LogP contribution in [0.15, 0.2) is 66.2 Å². The molecule has 2 aromatic carbocycles. The second-order valence-electron chi connectivity index (χ2n) is 8.66. The van der Waals surface area contributed by atoms with Crippen molar-refractivity contribution in [3.8, 4) is 0 Å². The average Bonchev–Trinajstić information content (AvgIpc) is 2.86. The highest BCUT2D eigenvalue weighted by atomic mass is 16.2. The number of hydrogen-bond acceptors (Lipinski definition) is 1. The number of fused-ring (bicyclic) bond motifs is 2. The fraction of sp³-hybridized carbons (Fsp3) is 0.375. The number of allylic oxidation sites excluding steroid dienone is 2. The van der Waals surface area contributed by atoms with Gasteiger partial charge in [-0.1, -0.05) is 81.0 Å². The van der Waals surface area contributed by atoms with E-state index in [1.165, 1.54) is 16.7 Å². The molecule has 0 saturated heterocycles. The van der Waals surface area contributed by atoms with E-state index in [0.717, 1.165) is 24.9 Å². The number of anilines is 1.